The number of benzene rings is 1. The minimum Gasteiger partial charge on any atom is -0.508 e. The van der Waals surface area contributed by atoms with Crippen LogP contribution >= 0.6 is 0 Å². The molecule has 2 amide bonds. The zero-order valence-electron chi connectivity index (χ0n) is 23.2. The van der Waals surface area contributed by atoms with E-state index < -0.39 is 36.0 Å². The van der Waals surface area contributed by atoms with Crippen molar-refractivity contribution in [2.75, 3.05) is 26.3 Å². The minimum absolute atomic E-state index is 0.0103. The van der Waals surface area contributed by atoms with Crippen molar-refractivity contribution in [3.8, 4) is 5.75 Å². The molecule has 0 aromatic heterocycles. The van der Waals surface area contributed by atoms with E-state index in [0.29, 0.717) is 13.2 Å². The number of aromatic hydroxyl groups is 1. The fourth-order valence-electron chi connectivity index (χ4n) is 4.80. The number of fused-ring (bicyclic) bond motifs is 1. The minimum atomic E-state index is -1.11. The third-order valence-corrected chi connectivity index (χ3v) is 7.10. The quantitative estimate of drug-likeness (QED) is 0.390. The molecule has 1 aromatic carbocycles. The molecule has 0 aliphatic carbocycles. The molecule has 2 aliphatic heterocycles. The molecule has 2 heterocycles. The number of amides is 2. The fraction of sp³-hybridized carbons (Fsp3) is 0.714. The SMILES string of the molecule is CCC(CC)CN(C[C@@H](O)[C@H](Cc1ccc(O)cc1)NC(=O)O[C@H]1CO[C@H]2OCC[C@H]21)C(=O)OC(C)(C)C. The first-order valence-electron chi connectivity index (χ1n) is 13.6. The first-order valence-corrected chi connectivity index (χ1v) is 13.6. The van der Waals surface area contributed by atoms with Gasteiger partial charge in [0, 0.05) is 6.54 Å². The van der Waals surface area contributed by atoms with Crippen LogP contribution in [0, 0.1) is 11.8 Å². The Morgan fingerprint density at radius 3 is 2.45 bits per heavy atom. The molecule has 0 unspecified atom stereocenters. The highest BCUT2D eigenvalue weighted by Crippen LogP contribution is 2.33. The maximum absolute atomic E-state index is 13.1. The molecule has 10 nitrogen and oxygen atoms in total. The zero-order valence-corrected chi connectivity index (χ0v) is 23.2. The highest BCUT2D eigenvalue weighted by atomic mass is 16.7. The van der Waals surface area contributed by atoms with Crippen molar-refractivity contribution in [3.05, 3.63) is 29.8 Å². The Kier molecular flexibility index (Phi) is 10.6. The summed E-state index contributed by atoms with van der Waals surface area (Å²) in [5, 5.41) is 23.8. The number of hydrogen-bond acceptors (Lipinski definition) is 8. The molecule has 0 bridgehead atoms. The van der Waals surface area contributed by atoms with Crippen LogP contribution in [0.5, 0.6) is 5.75 Å². The Morgan fingerprint density at radius 2 is 1.82 bits per heavy atom. The number of carbonyl (C=O) groups is 2. The Morgan fingerprint density at radius 1 is 1.13 bits per heavy atom. The van der Waals surface area contributed by atoms with E-state index in [9.17, 15) is 19.8 Å². The van der Waals surface area contributed by atoms with Crippen LogP contribution in [0.4, 0.5) is 9.59 Å². The summed E-state index contributed by atoms with van der Waals surface area (Å²) in [4.78, 5) is 27.5. The van der Waals surface area contributed by atoms with Crippen LogP contribution in [0.3, 0.4) is 0 Å². The van der Waals surface area contributed by atoms with Gasteiger partial charge >= 0.3 is 12.2 Å². The van der Waals surface area contributed by atoms with Gasteiger partial charge in [-0.15, -0.1) is 0 Å². The van der Waals surface area contributed by atoms with Gasteiger partial charge in [0.2, 0.25) is 0 Å². The Labute approximate surface area is 225 Å². The molecule has 0 spiro atoms. The van der Waals surface area contributed by atoms with Crippen molar-refractivity contribution in [2.24, 2.45) is 11.8 Å². The normalized spacial score (nSPS) is 22.6. The van der Waals surface area contributed by atoms with Crippen LogP contribution < -0.4 is 5.32 Å². The van der Waals surface area contributed by atoms with Gasteiger partial charge in [-0.2, -0.15) is 0 Å². The molecule has 38 heavy (non-hydrogen) atoms. The predicted molar refractivity (Wildman–Crippen MR) is 141 cm³/mol. The Bertz CT molecular complexity index is 899. The molecule has 3 rings (SSSR count). The maximum Gasteiger partial charge on any atom is 0.410 e. The molecule has 2 saturated heterocycles. The molecule has 2 fully saturated rings. The lowest BCUT2D eigenvalue weighted by Gasteiger charge is -2.33. The van der Waals surface area contributed by atoms with E-state index in [0.717, 1.165) is 24.8 Å². The summed E-state index contributed by atoms with van der Waals surface area (Å²) >= 11 is 0. The van der Waals surface area contributed by atoms with Gasteiger partial charge < -0.3 is 39.4 Å². The van der Waals surface area contributed by atoms with E-state index in [1.165, 1.54) is 4.90 Å². The summed E-state index contributed by atoms with van der Waals surface area (Å²) in [6.45, 7) is 10.8. The summed E-state index contributed by atoms with van der Waals surface area (Å²) in [5.41, 5.74) is 0.108. The van der Waals surface area contributed by atoms with Crippen LogP contribution in [-0.4, -0.2) is 83.7 Å². The standard InChI is InChI=1S/C28H44N2O8/c1-6-18(7-2)15-30(27(34)38-28(3,4)5)16-23(32)22(14-19-8-10-20(31)11-9-19)29-26(33)37-24-17-36-25-21(24)12-13-35-25/h8-11,18,21-25,31-32H,6-7,12-17H2,1-5H3,(H,29,33)/t21-,22-,23+,24-,25+/m0/s1. The molecule has 2 aliphatic rings. The van der Waals surface area contributed by atoms with Crippen molar-refractivity contribution in [2.45, 2.75) is 90.4 Å². The van der Waals surface area contributed by atoms with Crippen molar-refractivity contribution in [3.63, 3.8) is 0 Å². The Hall–Kier alpha value is -2.56. The first kappa shape index (κ1) is 30.0. The van der Waals surface area contributed by atoms with Gasteiger partial charge in [0.05, 0.1) is 37.8 Å². The van der Waals surface area contributed by atoms with Gasteiger partial charge in [-0.05, 0) is 57.2 Å². The Balaban J connectivity index is 1.74. The third kappa shape index (κ3) is 8.74. The van der Waals surface area contributed by atoms with Gasteiger partial charge in [-0.3, -0.25) is 0 Å². The highest BCUT2D eigenvalue weighted by molar-refractivity contribution is 5.69. The predicted octanol–water partition coefficient (Wildman–Crippen LogP) is 3.83. The molecular formula is C28H44N2O8. The summed E-state index contributed by atoms with van der Waals surface area (Å²) in [5.74, 6) is 0.352. The average molecular weight is 537 g/mol. The number of alkyl carbamates (subject to hydrolysis) is 1. The molecule has 0 saturated carbocycles. The van der Waals surface area contributed by atoms with E-state index in [2.05, 4.69) is 19.2 Å². The average Bonchev–Trinajstić information content (AvgIpc) is 3.46. The van der Waals surface area contributed by atoms with Crippen LogP contribution in [0.15, 0.2) is 24.3 Å². The number of carbonyl (C=O) groups excluding carboxylic acids is 2. The number of nitrogens with one attached hydrogen (secondary N) is 1. The number of aliphatic hydroxyl groups is 1. The van der Waals surface area contributed by atoms with Gasteiger partial charge in [-0.1, -0.05) is 38.8 Å². The second-order valence-corrected chi connectivity index (χ2v) is 11.2. The van der Waals surface area contributed by atoms with Crippen LogP contribution in [0.25, 0.3) is 0 Å². The first-order chi connectivity index (χ1) is 18.0. The number of phenols is 1. The van der Waals surface area contributed by atoms with Crippen molar-refractivity contribution in [1.29, 1.82) is 0 Å². The van der Waals surface area contributed by atoms with Gasteiger partial charge in [0.15, 0.2) is 6.29 Å². The van der Waals surface area contributed by atoms with Gasteiger partial charge in [-0.25, -0.2) is 9.59 Å². The maximum atomic E-state index is 13.1. The van der Waals surface area contributed by atoms with Crippen LogP contribution in [0.2, 0.25) is 0 Å². The van der Waals surface area contributed by atoms with Crippen molar-refractivity contribution in [1.82, 2.24) is 10.2 Å². The van der Waals surface area contributed by atoms with E-state index in [1.807, 2.05) is 0 Å². The lowest BCUT2D eigenvalue weighted by Crippen LogP contribution is -2.52. The summed E-state index contributed by atoms with van der Waals surface area (Å²) in [6, 6.07) is 5.78. The van der Waals surface area contributed by atoms with E-state index in [4.69, 9.17) is 18.9 Å². The van der Waals surface area contributed by atoms with E-state index >= 15 is 0 Å². The van der Waals surface area contributed by atoms with Crippen molar-refractivity contribution >= 4 is 12.2 Å². The third-order valence-electron chi connectivity index (χ3n) is 7.10. The molecule has 1 aromatic rings. The van der Waals surface area contributed by atoms with Crippen LogP contribution in [-0.2, 0) is 25.4 Å². The summed E-state index contributed by atoms with van der Waals surface area (Å²) < 4.78 is 22.4. The largest absolute Gasteiger partial charge is 0.508 e. The van der Waals surface area contributed by atoms with E-state index in [-0.39, 0.29) is 43.4 Å². The lowest BCUT2D eigenvalue weighted by atomic mass is 9.99. The fourth-order valence-corrected chi connectivity index (χ4v) is 4.80. The topological polar surface area (TPSA) is 127 Å². The van der Waals surface area contributed by atoms with Crippen LogP contribution in [0.1, 0.15) is 59.4 Å². The van der Waals surface area contributed by atoms with Gasteiger partial charge in [0.25, 0.3) is 0 Å². The molecule has 10 heteroatoms. The summed E-state index contributed by atoms with van der Waals surface area (Å²) in [7, 11) is 0. The lowest BCUT2D eigenvalue weighted by molar-refractivity contribution is -0.0907. The molecule has 5 atom stereocenters. The molecule has 214 valence electrons. The number of hydrogen-bond donors (Lipinski definition) is 3. The molecule has 3 N–H and O–H groups in total. The molecular weight excluding hydrogens is 492 g/mol. The number of aliphatic hydroxyl groups excluding tert-OH is 1. The second kappa shape index (κ2) is 13.5. The van der Waals surface area contributed by atoms with Crippen molar-refractivity contribution < 1.29 is 38.7 Å². The summed E-state index contributed by atoms with van der Waals surface area (Å²) in [6.07, 6.45) is -0.293. The smallest absolute Gasteiger partial charge is 0.410 e. The second-order valence-electron chi connectivity index (χ2n) is 11.2. The number of nitrogens with zero attached hydrogens (tertiary/aromatic N) is 1. The number of rotatable bonds is 11. The molecule has 0 radical (unpaired) electrons. The monoisotopic (exact) mass is 536 g/mol. The van der Waals surface area contributed by atoms with E-state index in [1.54, 1.807) is 45.0 Å². The van der Waals surface area contributed by atoms with Gasteiger partial charge in [0.1, 0.15) is 17.5 Å². The number of ether oxygens (including phenoxy) is 4. The number of phenolic OH excluding ortho intramolecular Hbond substituents is 1. The highest BCUT2D eigenvalue weighted by Gasteiger charge is 2.44. The zero-order chi connectivity index (χ0) is 27.9.